The minimum atomic E-state index is -1.11. The summed E-state index contributed by atoms with van der Waals surface area (Å²) in [6.07, 6.45) is 5.75. The summed E-state index contributed by atoms with van der Waals surface area (Å²) in [5.41, 5.74) is 0.0594. The number of fused-ring (bicyclic) bond motifs is 2. The summed E-state index contributed by atoms with van der Waals surface area (Å²) in [5, 5.41) is 19.7. The van der Waals surface area contributed by atoms with E-state index in [1.165, 1.54) is 42.5 Å². The molecule has 0 saturated heterocycles. The second-order valence-electron chi connectivity index (χ2n) is 19.0. The molecule has 0 bridgehead atoms. The standard InChI is InChI=1S/C32H36F2N6O2.C27H27F2N5O3/c1-3-39(4-2)19-9-18-35-32-37-28(21-10-7-11-22(20-21)31(42)36-23-12-5-6-13-23)24-16-17-27(41)40(30(24)38-32)29-25(33)14-8-15-26(29)34;1-3-33(4-2)15-7-14-30-27-31-23(17-8-5-9-18(16-17)26(36)37)19-12-13-22(35)34(25(19)32-27)24-20(28)10-6-11-21(24)29/h7-8,10-11,14-17,20,23H,3-6,9,12-13,18-19H2,1-2H3,(H,36,42)(H,35,37,38);5-6,8-13,16H,3-4,7,14-15H2,1-2H3,(H,36,37)(H,30,31,32). The van der Waals surface area contributed by atoms with Gasteiger partial charge in [-0.3, -0.25) is 23.5 Å². The second-order valence-corrected chi connectivity index (χ2v) is 19.0. The molecule has 16 nitrogen and oxygen atoms in total. The Morgan fingerprint density at radius 2 is 0.975 bits per heavy atom. The molecule has 4 N–H and O–H groups in total. The fourth-order valence-electron chi connectivity index (χ4n) is 9.70. The molecular weight excluding hydrogens is 1020 g/mol. The van der Waals surface area contributed by atoms with Gasteiger partial charge in [-0.1, -0.05) is 76.9 Å². The number of rotatable bonds is 21. The zero-order valence-electron chi connectivity index (χ0n) is 44.5. The lowest BCUT2D eigenvalue weighted by Crippen LogP contribution is -2.32. The van der Waals surface area contributed by atoms with Gasteiger partial charge in [0.25, 0.3) is 17.0 Å². The first-order valence-electron chi connectivity index (χ1n) is 26.7. The molecule has 0 aliphatic heterocycles. The number of aromatic carboxylic acids is 1. The van der Waals surface area contributed by atoms with Gasteiger partial charge in [-0.15, -0.1) is 0 Å². The van der Waals surface area contributed by atoms with Crippen molar-refractivity contribution in [3.05, 3.63) is 164 Å². The van der Waals surface area contributed by atoms with E-state index in [1.807, 2.05) is 6.07 Å². The van der Waals surface area contributed by atoms with Crippen LogP contribution in [0.1, 0.15) is 86.9 Å². The van der Waals surface area contributed by atoms with Gasteiger partial charge in [0.2, 0.25) is 11.9 Å². The van der Waals surface area contributed by atoms with Crippen LogP contribution in [0.3, 0.4) is 0 Å². The van der Waals surface area contributed by atoms with Crippen LogP contribution in [0.4, 0.5) is 29.5 Å². The number of carboxylic acid groups (broad SMARTS) is 1. The molecule has 1 fully saturated rings. The van der Waals surface area contributed by atoms with Crippen LogP contribution in [0.25, 0.3) is 56.0 Å². The number of pyridine rings is 2. The minimum absolute atomic E-state index is 0.00605. The maximum atomic E-state index is 15.0. The highest BCUT2D eigenvalue weighted by Crippen LogP contribution is 2.32. The van der Waals surface area contributed by atoms with E-state index in [0.29, 0.717) is 51.9 Å². The molecule has 4 heterocycles. The van der Waals surface area contributed by atoms with Crippen LogP contribution in [0.2, 0.25) is 0 Å². The van der Waals surface area contributed by atoms with Crippen molar-refractivity contribution >= 4 is 45.8 Å². The van der Waals surface area contributed by atoms with Crippen molar-refractivity contribution < 1.29 is 32.3 Å². The molecular formula is C59H63F4N11O5. The molecule has 412 valence electrons. The van der Waals surface area contributed by atoms with E-state index in [0.717, 1.165) is 111 Å². The molecule has 4 aromatic carbocycles. The summed E-state index contributed by atoms with van der Waals surface area (Å²) in [6.45, 7) is 14.9. The van der Waals surface area contributed by atoms with E-state index in [2.05, 4.69) is 68.4 Å². The summed E-state index contributed by atoms with van der Waals surface area (Å²) >= 11 is 0. The van der Waals surface area contributed by atoms with Crippen LogP contribution in [-0.2, 0) is 0 Å². The summed E-state index contributed by atoms with van der Waals surface area (Å²) < 4.78 is 61.3. The molecule has 0 unspecified atom stereocenters. The van der Waals surface area contributed by atoms with Crippen molar-refractivity contribution in [1.29, 1.82) is 0 Å². The van der Waals surface area contributed by atoms with E-state index in [1.54, 1.807) is 36.4 Å². The zero-order chi connectivity index (χ0) is 56.2. The first kappa shape index (κ1) is 56.8. The number of carbonyl (C=O) groups is 2. The molecule has 20 heteroatoms. The fraction of sp³-hybridized carbons (Fsp3) is 0.322. The number of aromatic nitrogens is 6. The highest BCUT2D eigenvalue weighted by atomic mass is 19.1. The lowest BCUT2D eigenvalue weighted by molar-refractivity contribution is 0.0696. The molecule has 0 spiro atoms. The summed E-state index contributed by atoms with van der Waals surface area (Å²) in [5.74, 6) is -4.52. The van der Waals surface area contributed by atoms with Crippen LogP contribution < -0.4 is 27.1 Å². The molecule has 0 radical (unpaired) electrons. The lowest BCUT2D eigenvalue weighted by Gasteiger charge is -2.18. The number of hydrogen-bond acceptors (Lipinski definition) is 12. The smallest absolute Gasteiger partial charge is 0.335 e. The van der Waals surface area contributed by atoms with Crippen LogP contribution in [-0.4, -0.2) is 114 Å². The van der Waals surface area contributed by atoms with Crippen LogP contribution in [0.5, 0.6) is 0 Å². The lowest BCUT2D eigenvalue weighted by atomic mass is 10.0. The van der Waals surface area contributed by atoms with E-state index in [-0.39, 0.29) is 40.7 Å². The first-order valence-corrected chi connectivity index (χ1v) is 26.7. The molecule has 4 aromatic heterocycles. The quantitative estimate of drug-likeness (QED) is 0.0393. The van der Waals surface area contributed by atoms with Gasteiger partial charge in [-0.05, 0) is 126 Å². The van der Waals surface area contributed by atoms with Crippen molar-refractivity contribution in [3.63, 3.8) is 0 Å². The molecule has 0 atom stereocenters. The van der Waals surface area contributed by atoms with Gasteiger partial charge < -0.3 is 30.9 Å². The highest BCUT2D eigenvalue weighted by molar-refractivity contribution is 5.98. The Labute approximate surface area is 454 Å². The average Bonchev–Trinajstić information content (AvgIpc) is 4.08. The average molecular weight is 1080 g/mol. The number of nitrogens with one attached hydrogen (secondary N) is 3. The predicted octanol–water partition coefficient (Wildman–Crippen LogP) is 10.1. The zero-order valence-corrected chi connectivity index (χ0v) is 44.5. The van der Waals surface area contributed by atoms with E-state index < -0.39 is 51.7 Å². The van der Waals surface area contributed by atoms with Crippen molar-refractivity contribution in [3.8, 4) is 33.9 Å². The van der Waals surface area contributed by atoms with Crippen LogP contribution in [0.15, 0.2) is 119 Å². The molecule has 1 aliphatic rings. The normalized spacial score (nSPS) is 12.5. The third-order valence-corrected chi connectivity index (χ3v) is 14.0. The predicted molar refractivity (Wildman–Crippen MR) is 299 cm³/mol. The molecule has 1 saturated carbocycles. The topological polar surface area (TPSA) is 192 Å². The number of anilines is 2. The van der Waals surface area contributed by atoms with Gasteiger partial charge in [0.05, 0.1) is 17.0 Å². The van der Waals surface area contributed by atoms with Crippen LogP contribution >= 0.6 is 0 Å². The number of amides is 1. The number of carboxylic acids is 1. The third-order valence-electron chi connectivity index (χ3n) is 14.0. The fourth-order valence-corrected chi connectivity index (χ4v) is 9.70. The van der Waals surface area contributed by atoms with Crippen LogP contribution in [0, 0.1) is 23.3 Å². The van der Waals surface area contributed by atoms with Gasteiger partial charge in [0, 0.05) is 58.7 Å². The summed E-state index contributed by atoms with van der Waals surface area (Å²) in [4.78, 5) is 73.6. The van der Waals surface area contributed by atoms with E-state index in [9.17, 15) is 41.8 Å². The van der Waals surface area contributed by atoms with Crippen molar-refractivity contribution in [1.82, 2.24) is 44.2 Å². The Morgan fingerprint density at radius 1 is 0.570 bits per heavy atom. The molecule has 9 rings (SSSR count). The Morgan fingerprint density at radius 3 is 1.39 bits per heavy atom. The maximum Gasteiger partial charge on any atom is 0.335 e. The number of para-hydroxylation sites is 2. The third kappa shape index (κ3) is 13.3. The van der Waals surface area contributed by atoms with Gasteiger partial charge in [-0.2, -0.15) is 9.97 Å². The summed E-state index contributed by atoms with van der Waals surface area (Å²) in [7, 11) is 0. The summed E-state index contributed by atoms with van der Waals surface area (Å²) in [6, 6.07) is 25.6. The molecule has 8 aromatic rings. The van der Waals surface area contributed by atoms with Gasteiger partial charge >= 0.3 is 5.97 Å². The SMILES string of the molecule is CCN(CC)CCCNc1nc(-c2cccc(C(=O)NC3CCCC3)c2)c2ccc(=O)n(-c3c(F)cccc3F)c2n1.CCN(CC)CCCNc1nc(-c2cccc(C(=O)O)c2)c2ccc(=O)n(-c3c(F)cccc3F)c2n1. The highest BCUT2D eigenvalue weighted by Gasteiger charge is 2.24. The van der Waals surface area contributed by atoms with Gasteiger partial charge in [0.1, 0.15) is 34.6 Å². The Hall–Kier alpha value is -8.36. The number of halogens is 4. The Bertz CT molecular complexity index is 3560. The Kier molecular flexibility index (Phi) is 18.9. The first-order chi connectivity index (χ1) is 38.2. The number of benzene rings is 4. The van der Waals surface area contributed by atoms with Crippen molar-refractivity contribution in [2.24, 2.45) is 0 Å². The van der Waals surface area contributed by atoms with Gasteiger partial charge in [-0.25, -0.2) is 32.3 Å². The largest absolute Gasteiger partial charge is 0.478 e. The number of nitrogens with zero attached hydrogens (tertiary/aromatic N) is 8. The van der Waals surface area contributed by atoms with E-state index >= 15 is 0 Å². The number of carbonyl (C=O) groups excluding carboxylic acids is 1. The number of hydrogen-bond donors (Lipinski definition) is 4. The van der Waals surface area contributed by atoms with Crippen molar-refractivity contribution in [2.45, 2.75) is 72.3 Å². The maximum absolute atomic E-state index is 15.0. The molecule has 1 amide bonds. The Balaban J connectivity index is 0.000000210. The van der Waals surface area contributed by atoms with Gasteiger partial charge in [0.15, 0.2) is 11.3 Å². The second kappa shape index (κ2) is 26.3. The van der Waals surface area contributed by atoms with Crippen molar-refractivity contribution in [2.75, 3.05) is 63.0 Å². The monoisotopic (exact) mass is 1080 g/mol. The molecule has 1 aliphatic carbocycles. The minimum Gasteiger partial charge on any atom is -0.478 e. The molecule has 79 heavy (non-hydrogen) atoms. The van der Waals surface area contributed by atoms with E-state index in [4.69, 9.17) is 4.98 Å².